The second-order valence-corrected chi connectivity index (χ2v) is 4.54. The van der Waals surface area contributed by atoms with Crippen LogP contribution in [0.2, 0.25) is 0 Å². The third-order valence-corrected chi connectivity index (χ3v) is 3.11. The third-order valence-electron chi connectivity index (χ3n) is 2.70. The van der Waals surface area contributed by atoms with E-state index < -0.39 is 0 Å². The van der Waals surface area contributed by atoms with Crippen LogP contribution in [0.1, 0.15) is 24.2 Å². The van der Waals surface area contributed by atoms with Gasteiger partial charge < -0.3 is 15.6 Å². The van der Waals surface area contributed by atoms with Gasteiger partial charge in [-0.25, -0.2) is 0 Å². The Labute approximate surface area is 111 Å². The molecule has 98 valence electrons. The highest BCUT2D eigenvalue weighted by atomic mass is 32.1. The second-order valence-electron chi connectivity index (χ2n) is 4.07. The van der Waals surface area contributed by atoms with E-state index in [0.29, 0.717) is 18.1 Å². The van der Waals surface area contributed by atoms with E-state index in [9.17, 15) is 9.59 Å². The first-order chi connectivity index (χ1) is 8.47. The smallest absolute Gasteiger partial charge is 0.259 e. The Kier molecular flexibility index (Phi) is 5.03. The molecule has 5 nitrogen and oxygen atoms in total. The van der Waals surface area contributed by atoms with Crippen molar-refractivity contribution in [2.45, 2.75) is 13.8 Å². The summed E-state index contributed by atoms with van der Waals surface area (Å²) in [5.41, 5.74) is 5.38. The molecule has 0 spiro atoms. The van der Waals surface area contributed by atoms with Crippen LogP contribution >= 0.6 is 12.2 Å². The number of pyridine rings is 1. The minimum atomic E-state index is -0.303. The molecule has 1 unspecified atom stereocenters. The lowest BCUT2D eigenvalue weighted by Crippen LogP contribution is -2.39. The van der Waals surface area contributed by atoms with Gasteiger partial charge in [0.15, 0.2) is 5.43 Å². The van der Waals surface area contributed by atoms with E-state index in [2.05, 4.69) is 4.98 Å². The molecule has 1 aromatic rings. The van der Waals surface area contributed by atoms with E-state index in [4.69, 9.17) is 18.0 Å². The number of aromatic amines is 1. The number of nitrogens with one attached hydrogen (secondary N) is 1. The number of H-pyrrole nitrogens is 1. The highest BCUT2D eigenvalue weighted by molar-refractivity contribution is 7.80. The fourth-order valence-corrected chi connectivity index (χ4v) is 1.60. The molecule has 0 aliphatic rings. The van der Waals surface area contributed by atoms with Gasteiger partial charge in [0, 0.05) is 37.5 Å². The van der Waals surface area contributed by atoms with E-state index in [1.54, 1.807) is 4.90 Å². The summed E-state index contributed by atoms with van der Waals surface area (Å²) < 4.78 is 0. The highest BCUT2D eigenvalue weighted by Crippen LogP contribution is 2.04. The normalized spacial score (nSPS) is 11.9. The Balaban J connectivity index is 2.90. The van der Waals surface area contributed by atoms with Gasteiger partial charge in [0.1, 0.15) is 5.56 Å². The number of rotatable bonds is 5. The molecule has 18 heavy (non-hydrogen) atoms. The zero-order valence-electron chi connectivity index (χ0n) is 10.5. The molecule has 1 rings (SSSR count). The quantitative estimate of drug-likeness (QED) is 0.772. The van der Waals surface area contributed by atoms with Crippen molar-refractivity contribution in [3.63, 3.8) is 0 Å². The predicted molar refractivity (Wildman–Crippen MR) is 74.6 cm³/mol. The Morgan fingerprint density at radius 2 is 2.28 bits per heavy atom. The first-order valence-electron chi connectivity index (χ1n) is 5.73. The van der Waals surface area contributed by atoms with Gasteiger partial charge in [-0.05, 0) is 6.92 Å². The van der Waals surface area contributed by atoms with E-state index in [1.807, 2.05) is 13.8 Å². The van der Waals surface area contributed by atoms with Crippen LogP contribution in [0.5, 0.6) is 0 Å². The van der Waals surface area contributed by atoms with Gasteiger partial charge in [-0.1, -0.05) is 19.1 Å². The molecule has 6 heteroatoms. The minimum Gasteiger partial charge on any atom is -0.393 e. The van der Waals surface area contributed by atoms with E-state index in [0.717, 1.165) is 0 Å². The molecule has 0 bridgehead atoms. The molecule has 0 radical (unpaired) electrons. The lowest BCUT2D eigenvalue weighted by atomic mass is 10.1. The van der Waals surface area contributed by atoms with Gasteiger partial charge in [0.2, 0.25) is 0 Å². The van der Waals surface area contributed by atoms with E-state index in [1.165, 1.54) is 18.5 Å². The van der Waals surface area contributed by atoms with Crippen LogP contribution in [0.3, 0.4) is 0 Å². The summed E-state index contributed by atoms with van der Waals surface area (Å²) in [5.74, 6) is -0.380. The minimum absolute atomic E-state index is 0.0771. The van der Waals surface area contributed by atoms with Gasteiger partial charge in [0.25, 0.3) is 5.91 Å². The molecule has 1 atom stereocenters. The first-order valence-corrected chi connectivity index (χ1v) is 6.13. The molecule has 0 aromatic carbocycles. The Bertz CT molecular complexity index is 498. The van der Waals surface area contributed by atoms with Crippen LogP contribution < -0.4 is 11.2 Å². The van der Waals surface area contributed by atoms with Crippen LogP contribution in [-0.4, -0.2) is 33.9 Å². The molecule has 0 fully saturated rings. The van der Waals surface area contributed by atoms with Gasteiger partial charge in [-0.3, -0.25) is 9.59 Å². The van der Waals surface area contributed by atoms with Crippen LogP contribution in [0.15, 0.2) is 23.3 Å². The molecule has 1 heterocycles. The summed E-state index contributed by atoms with van der Waals surface area (Å²) in [6.45, 7) is 4.62. The monoisotopic (exact) mass is 267 g/mol. The molecular formula is C12H17N3O2S. The number of hydrogen-bond acceptors (Lipinski definition) is 3. The molecule has 0 saturated heterocycles. The van der Waals surface area contributed by atoms with Crippen LogP contribution in [0.4, 0.5) is 0 Å². The Morgan fingerprint density at radius 1 is 1.61 bits per heavy atom. The number of aromatic nitrogens is 1. The third kappa shape index (κ3) is 3.40. The van der Waals surface area contributed by atoms with Crippen molar-refractivity contribution < 1.29 is 4.79 Å². The Hall–Kier alpha value is -1.69. The van der Waals surface area contributed by atoms with Crippen molar-refractivity contribution in [3.8, 4) is 0 Å². The molecule has 1 aromatic heterocycles. The summed E-state index contributed by atoms with van der Waals surface area (Å²) in [7, 11) is 0. The number of amides is 1. The fraction of sp³-hybridized carbons (Fsp3) is 0.417. The maximum Gasteiger partial charge on any atom is 0.259 e. The van der Waals surface area contributed by atoms with Crippen LogP contribution in [0, 0.1) is 5.92 Å². The molecule has 0 aliphatic carbocycles. The number of thiocarbonyl (C=S) groups is 1. The van der Waals surface area contributed by atoms with Crippen LogP contribution in [-0.2, 0) is 0 Å². The first kappa shape index (κ1) is 14.4. The lowest BCUT2D eigenvalue weighted by molar-refractivity contribution is 0.0753. The Morgan fingerprint density at radius 3 is 2.78 bits per heavy atom. The number of carbonyl (C=O) groups excluding carboxylic acids is 1. The maximum atomic E-state index is 12.2. The number of nitrogens with two attached hydrogens (primary N) is 1. The summed E-state index contributed by atoms with van der Waals surface area (Å²) in [4.78, 5) is 28.4. The average molecular weight is 267 g/mol. The zero-order chi connectivity index (χ0) is 13.7. The fourth-order valence-electron chi connectivity index (χ4n) is 1.53. The van der Waals surface area contributed by atoms with Gasteiger partial charge in [-0.15, -0.1) is 0 Å². The number of nitrogens with zero attached hydrogens (tertiary/aromatic N) is 1. The van der Waals surface area contributed by atoms with E-state index in [-0.39, 0.29) is 22.8 Å². The largest absolute Gasteiger partial charge is 0.393 e. The van der Waals surface area contributed by atoms with Gasteiger partial charge >= 0.3 is 0 Å². The van der Waals surface area contributed by atoms with Crippen molar-refractivity contribution in [1.29, 1.82) is 0 Å². The maximum absolute atomic E-state index is 12.2. The molecule has 0 saturated carbocycles. The lowest BCUT2D eigenvalue weighted by Gasteiger charge is -2.23. The average Bonchev–Trinajstić information content (AvgIpc) is 2.35. The molecule has 1 amide bonds. The van der Waals surface area contributed by atoms with Crippen molar-refractivity contribution >= 4 is 23.1 Å². The van der Waals surface area contributed by atoms with E-state index >= 15 is 0 Å². The summed E-state index contributed by atoms with van der Waals surface area (Å²) in [6.07, 6.45) is 2.91. The predicted octanol–water partition coefficient (Wildman–Crippen LogP) is 0.759. The summed E-state index contributed by atoms with van der Waals surface area (Å²) in [5, 5.41) is 0. The van der Waals surface area contributed by atoms with Crippen molar-refractivity contribution in [3.05, 3.63) is 34.2 Å². The van der Waals surface area contributed by atoms with Crippen molar-refractivity contribution in [2.24, 2.45) is 11.7 Å². The standard InChI is InChI=1S/C12H17N3O2S/c1-3-15(7-8(2)11(13)18)12(17)9-6-14-5-4-10(9)16/h4-6,8H,3,7H2,1-2H3,(H2,13,18)(H,14,16). The summed E-state index contributed by atoms with van der Waals surface area (Å²) >= 11 is 4.89. The van der Waals surface area contributed by atoms with Crippen molar-refractivity contribution in [2.75, 3.05) is 13.1 Å². The molecule has 3 N–H and O–H groups in total. The highest BCUT2D eigenvalue weighted by Gasteiger charge is 2.19. The van der Waals surface area contributed by atoms with Gasteiger partial charge in [0.05, 0.1) is 4.99 Å². The van der Waals surface area contributed by atoms with Crippen LogP contribution in [0.25, 0.3) is 0 Å². The van der Waals surface area contributed by atoms with Gasteiger partial charge in [-0.2, -0.15) is 0 Å². The number of carbonyl (C=O) groups is 1. The topological polar surface area (TPSA) is 79.2 Å². The van der Waals surface area contributed by atoms with Crippen molar-refractivity contribution in [1.82, 2.24) is 9.88 Å². The molecular weight excluding hydrogens is 250 g/mol. The molecule has 0 aliphatic heterocycles. The second kappa shape index (κ2) is 6.30. The SMILES string of the molecule is CCN(CC(C)C(N)=S)C(=O)c1c[nH]ccc1=O. The summed E-state index contributed by atoms with van der Waals surface area (Å²) in [6, 6.07) is 1.33. The number of hydrogen-bond donors (Lipinski definition) is 2. The zero-order valence-corrected chi connectivity index (χ0v) is 11.3.